The molecule has 6 nitrogen and oxygen atoms in total. The lowest BCUT2D eigenvalue weighted by Crippen LogP contribution is -2.44. The van der Waals surface area contributed by atoms with Gasteiger partial charge in [-0.05, 0) is 49.8 Å². The first-order valence-electron chi connectivity index (χ1n) is 8.43. The number of carbonyl (C=O) groups is 2. The van der Waals surface area contributed by atoms with Crippen LogP contribution in [0.5, 0.6) is 11.5 Å². The van der Waals surface area contributed by atoms with Crippen LogP contribution in [0, 0.1) is 6.92 Å². The van der Waals surface area contributed by atoms with Crippen LogP contribution < -0.4 is 5.32 Å². The lowest BCUT2D eigenvalue weighted by molar-refractivity contribution is -0.129. The number of aryl methyl sites for hydroxylation is 1. The van der Waals surface area contributed by atoms with Crippen molar-refractivity contribution in [2.45, 2.75) is 19.9 Å². The van der Waals surface area contributed by atoms with Gasteiger partial charge in [-0.25, -0.2) is 0 Å². The molecule has 0 bridgehead atoms. The SMILES string of the molecule is Cc1cccc(NC(=O)C(C)N2C(=O)/C(=C/c3ccc(O)cc3O)SC2=S)c1. The third kappa shape index (κ3) is 4.18. The van der Waals surface area contributed by atoms with Gasteiger partial charge in [-0.1, -0.05) is 36.1 Å². The zero-order valence-electron chi connectivity index (χ0n) is 15.2. The van der Waals surface area contributed by atoms with Crippen molar-refractivity contribution in [1.29, 1.82) is 0 Å². The van der Waals surface area contributed by atoms with E-state index in [2.05, 4.69) is 5.32 Å². The molecule has 1 unspecified atom stereocenters. The molecule has 1 aliphatic rings. The predicted octanol–water partition coefficient (Wildman–Crippen LogP) is 3.63. The number of carbonyl (C=O) groups excluding carboxylic acids is 2. The number of nitrogens with one attached hydrogen (secondary N) is 1. The average Bonchev–Trinajstić information content (AvgIpc) is 2.90. The number of nitrogens with zero attached hydrogens (tertiary/aromatic N) is 1. The molecule has 1 heterocycles. The Labute approximate surface area is 171 Å². The molecular formula is C20H18N2O4S2. The number of phenols is 2. The zero-order chi connectivity index (χ0) is 20.4. The molecular weight excluding hydrogens is 396 g/mol. The van der Waals surface area contributed by atoms with E-state index in [4.69, 9.17) is 12.2 Å². The van der Waals surface area contributed by atoms with Gasteiger partial charge in [0.15, 0.2) is 0 Å². The van der Waals surface area contributed by atoms with Crippen molar-refractivity contribution in [3.63, 3.8) is 0 Å². The van der Waals surface area contributed by atoms with Crippen LogP contribution in [-0.2, 0) is 9.59 Å². The van der Waals surface area contributed by atoms with E-state index in [9.17, 15) is 19.8 Å². The Morgan fingerprint density at radius 2 is 2.00 bits per heavy atom. The molecule has 0 saturated carbocycles. The van der Waals surface area contributed by atoms with Crippen molar-refractivity contribution in [2.75, 3.05) is 5.32 Å². The van der Waals surface area contributed by atoms with Gasteiger partial charge >= 0.3 is 0 Å². The summed E-state index contributed by atoms with van der Waals surface area (Å²) in [6.45, 7) is 3.53. The fourth-order valence-electron chi connectivity index (χ4n) is 2.70. The summed E-state index contributed by atoms with van der Waals surface area (Å²) in [6.07, 6.45) is 1.49. The van der Waals surface area contributed by atoms with Gasteiger partial charge in [-0.15, -0.1) is 0 Å². The number of thioether (sulfide) groups is 1. The second-order valence-electron chi connectivity index (χ2n) is 6.33. The summed E-state index contributed by atoms with van der Waals surface area (Å²) in [7, 11) is 0. The number of anilines is 1. The van der Waals surface area contributed by atoms with E-state index >= 15 is 0 Å². The number of rotatable bonds is 4. The number of benzene rings is 2. The molecule has 144 valence electrons. The van der Waals surface area contributed by atoms with Gasteiger partial charge in [0.05, 0.1) is 4.91 Å². The highest BCUT2D eigenvalue weighted by atomic mass is 32.2. The first-order chi connectivity index (χ1) is 13.3. The summed E-state index contributed by atoms with van der Waals surface area (Å²) in [6, 6.07) is 10.7. The maximum atomic E-state index is 12.8. The van der Waals surface area contributed by atoms with Crippen LogP contribution in [-0.4, -0.2) is 37.3 Å². The molecule has 2 aromatic rings. The van der Waals surface area contributed by atoms with Gasteiger partial charge in [-0.3, -0.25) is 14.5 Å². The van der Waals surface area contributed by atoms with E-state index in [-0.39, 0.29) is 21.7 Å². The number of hydrogen-bond donors (Lipinski definition) is 3. The standard InChI is InChI=1S/C20H18N2O4S2/c1-11-4-3-5-14(8-11)21-18(25)12(2)22-19(26)17(28-20(22)27)9-13-6-7-15(23)10-16(13)24/h3-10,12,23-24H,1-2H3,(H,21,25)/b17-9-. The molecule has 2 aromatic carbocycles. The summed E-state index contributed by atoms with van der Waals surface area (Å²) in [4.78, 5) is 26.9. The summed E-state index contributed by atoms with van der Waals surface area (Å²) < 4.78 is 0.265. The zero-order valence-corrected chi connectivity index (χ0v) is 16.8. The van der Waals surface area contributed by atoms with E-state index in [0.29, 0.717) is 16.2 Å². The molecule has 3 rings (SSSR count). The van der Waals surface area contributed by atoms with E-state index in [1.807, 2.05) is 25.1 Å². The molecule has 28 heavy (non-hydrogen) atoms. The average molecular weight is 415 g/mol. The lowest BCUT2D eigenvalue weighted by Gasteiger charge is -2.22. The van der Waals surface area contributed by atoms with Crippen LogP contribution in [0.3, 0.4) is 0 Å². The fourth-order valence-corrected chi connectivity index (χ4v) is 4.11. The Bertz CT molecular complexity index is 1000. The molecule has 0 aromatic heterocycles. The largest absolute Gasteiger partial charge is 0.508 e. The lowest BCUT2D eigenvalue weighted by atomic mass is 10.1. The van der Waals surface area contributed by atoms with Crippen molar-refractivity contribution in [3.8, 4) is 11.5 Å². The number of hydrogen-bond acceptors (Lipinski definition) is 6. The minimum Gasteiger partial charge on any atom is -0.508 e. The van der Waals surface area contributed by atoms with Crippen LogP contribution in [0.4, 0.5) is 5.69 Å². The van der Waals surface area contributed by atoms with Crippen molar-refractivity contribution >= 4 is 51.9 Å². The van der Waals surface area contributed by atoms with Crippen LogP contribution in [0.2, 0.25) is 0 Å². The molecule has 1 fully saturated rings. The normalized spacial score (nSPS) is 16.5. The van der Waals surface area contributed by atoms with E-state index in [0.717, 1.165) is 17.3 Å². The topological polar surface area (TPSA) is 89.9 Å². The Hall–Kier alpha value is -2.84. The Kier molecular flexibility index (Phi) is 5.71. The third-order valence-electron chi connectivity index (χ3n) is 4.18. The van der Waals surface area contributed by atoms with E-state index in [1.54, 1.807) is 13.0 Å². The van der Waals surface area contributed by atoms with Crippen LogP contribution in [0.25, 0.3) is 6.08 Å². The second kappa shape index (κ2) is 8.04. The van der Waals surface area contributed by atoms with Gasteiger partial charge in [0, 0.05) is 17.3 Å². The highest BCUT2D eigenvalue weighted by molar-refractivity contribution is 8.26. The van der Waals surface area contributed by atoms with Crippen molar-refractivity contribution in [3.05, 3.63) is 58.5 Å². The molecule has 0 aliphatic carbocycles. The summed E-state index contributed by atoms with van der Waals surface area (Å²) in [5, 5.41) is 22.1. The smallest absolute Gasteiger partial charge is 0.266 e. The molecule has 1 atom stereocenters. The molecule has 3 N–H and O–H groups in total. The van der Waals surface area contributed by atoms with E-state index in [1.165, 1.54) is 29.2 Å². The number of thiocarbonyl (C=S) groups is 1. The quantitative estimate of drug-likeness (QED) is 0.523. The summed E-state index contributed by atoms with van der Waals surface area (Å²) >= 11 is 6.35. The molecule has 0 radical (unpaired) electrons. The predicted molar refractivity (Wildman–Crippen MR) is 114 cm³/mol. The van der Waals surface area contributed by atoms with Crippen LogP contribution in [0.15, 0.2) is 47.4 Å². The second-order valence-corrected chi connectivity index (χ2v) is 8.01. The van der Waals surface area contributed by atoms with E-state index < -0.39 is 11.9 Å². The minimum atomic E-state index is -0.799. The monoisotopic (exact) mass is 414 g/mol. The Morgan fingerprint density at radius 1 is 1.25 bits per heavy atom. The number of phenolic OH excluding ortho intramolecular Hbond substituents is 2. The Balaban J connectivity index is 1.79. The van der Waals surface area contributed by atoms with Gasteiger partial charge in [0.25, 0.3) is 5.91 Å². The summed E-state index contributed by atoms with van der Waals surface area (Å²) in [5.74, 6) is -0.996. The maximum absolute atomic E-state index is 12.8. The highest BCUT2D eigenvalue weighted by Crippen LogP contribution is 2.36. The van der Waals surface area contributed by atoms with Crippen LogP contribution >= 0.6 is 24.0 Å². The Morgan fingerprint density at radius 3 is 2.68 bits per heavy atom. The van der Waals surface area contributed by atoms with Crippen LogP contribution in [0.1, 0.15) is 18.1 Å². The molecule has 1 aliphatic heterocycles. The van der Waals surface area contributed by atoms with Gasteiger partial charge in [-0.2, -0.15) is 0 Å². The van der Waals surface area contributed by atoms with Gasteiger partial charge in [0.1, 0.15) is 21.9 Å². The third-order valence-corrected chi connectivity index (χ3v) is 5.51. The first kappa shape index (κ1) is 19.9. The van der Waals surface area contributed by atoms with Crippen molar-refractivity contribution < 1.29 is 19.8 Å². The fraction of sp³-hybridized carbons (Fsp3) is 0.150. The molecule has 8 heteroatoms. The number of aromatic hydroxyl groups is 2. The minimum absolute atomic E-state index is 0.0800. The maximum Gasteiger partial charge on any atom is 0.266 e. The van der Waals surface area contributed by atoms with Gasteiger partial charge < -0.3 is 15.5 Å². The highest BCUT2D eigenvalue weighted by Gasteiger charge is 2.38. The first-order valence-corrected chi connectivity index (χ1v) is 9.65. The molecule has 0 spiro atoms. The number of amides is 2. The van der Waals surface area contributed by atoms with Crippen molar-refractivity contribution in [2.24, 2.45) is 0 Å². The molecule has 2 amide bonds. The van der Waals surface area contributed by atoms with Crippen molar-refractivity contribution in [1.82, 2.24) is 4.90 Å². The molecule has 1 saturated heterocycles. The summed E-state index contributed by atoms with van der Waals surface area (Å²) in [5.41, 5.74) is 2.02. The van der Waals surface area contributed by atoms with Gasteiger partial charge in [0.2, 0.25) is 5.91 Å².